The first kappa shape index (κ1) is 4.23. The van der Waals surface area contributed by atoms with Gasteiger partial charge in [-0.1, -0.05) is 0 Å². The van der Waals surface area contributed by atoms with Crippen molar-refractivity contribution in [1.82, 2.24) is 20.2 Å². The van der Waals surface area contributed by atoms with Crippen molar-refractivity contribution in [2.24, 2.45) is 0 Å². The first-order valence-corrected chi connectivity index (χ1v) is 1.93. The fourth-order valence-corrected chi connectivity index (χ4v) is 0.291. The van der Waals surface area contributed by atoms with E-state index in [2.05, 4.69) is 22.3 Å². The van der Waals surface area contributed by atoms with Crippen molar-refractivity contribution in [2.45, 2.75) is 6.54 Å². The summed E-state index contributed by atoms with van der Waals surface area (Å²) in [6.07, 6.45) is 1.38. The molecule has 0 unspecified atom stereocenters. The van der Waals surface area contributed by atoms with Crippen LogP contribution in [0.5, 0.6) is 0 Å². The van der Waals surface area contributed by atoms with Crippen molar-refractivity contribution in [2.75, 3.05) is 0 Å². The highest BCUT2D eigenvalue weighted by Gasteiger charge is 1.80. The smallest absolute Gasteiger partial charge is 0.162 e. The van der Waals surface area contributed by atoms with Gasteiger partial charge in [-0.15, -0.1) is 10.2 Å². The molecule has 0 aliphatic carbocycles. The lowest BCUT2D eigenvalue weighted by Crippen LogP contribution is -1.97. The van der Waals surface area contributed by atoms with Crippen molar-refractivity contribution in [3.63, 3.8) is 0 Å². The van der Waals surface area contributed by atoms with E-state index < -0.39 is 0 Å². The Morgan fingerprint density at radius 3 is 2.86 bits per heavy atom. The van der Waals surface area contributed by atoms with E-state index in [9.17, 15) is 0 Å². The SMILES string of the molecule is [CH2]Cn1ncnn1. The van der Waals surface area contributed by atoms with Crippen molar-refractivity contribution in [1.29, 1.82) is 0 Å². The minimum atomic E-state index is 0.542. The molecule has 1 rings (SSSR count). The molecule has 4 nitrogen and oxygen atoms in total. The summed E-state index contributed by atoms with van der Waals surface area (Å²) >= 11 is 0. The molecule has 0 atom stereocenters. The highest BCUT2D eigenvalue weighted by atomic mass is 15.6. The second-order valence-corrected chi connectivity index (χ2v) is 1.03. The van der Waals surface area contributed by atoms with Gasteiger partial charge < -0.3 is 0 Å². The van der Waals surface area contributed by atoms with Crippen LogP contribution in [0.25, 0.3) is 0 Å². The van der Waals surface area contributed by atoms with Crippen LogP contribution in [0.15, 0.2) is 6.33 Å². The van der Waals surface area contributed by atoms with Gasteiger partial charge in [0.1, 0.15) is 0 Å². The molecule has 7 heavy (non-hydrogen) atoms. The predicted octanol–water partition coefficient (Wildman–Crippen LogP) is -0.493. The molecule has 1 radical (unpaired) electrons. The van der Waals surface area contributed by atoms with Gasteiger partial charge in [0, 0.05) is 0 Å². The van der Waals surface area contributed by atoms with Crippen LogP contribution in [0.3, 0.4) is 0 Å². The van der Waals surface area contributed by atoms with Gasteiger partial charge in [-0.25, -0.2) is 0 Å². The van der Waals surface area contributed by atoms with E-state index >= 15 is 0 Å². The summed E-state index contributed by atoms with van der Waals surface area (Å²) in [6, 6.07) is 0. The third-order valence-corrected chi connectivity index (χ3v) is 0.591. The molecule has 0 aliphatic heterocycles. The second kappa shape index (κ2) is 1.68. The van der Waals surface area contributed by atoms with Crippen LogP contribution < -0.4 is 0 Å². The van der Waals surface area contributed by atoms with E-state index in [1.54, 1.807) is 0 Å². The van der Waals surface area contributed by atoms with E-state index in [4.69, 9.17) is 0 Å². The highest BCUT2D eigenvalue weighted by Crippen LogP contribution is 1.67. The Morgan fingerprint density at radius 1 is 1.71 bits per heavy atom. The van der Waals surface area contributed by atoms with Crippen molar-refractivity contribution < 1.29 is 0 Å². The number of aromatic nitrogens is 4. The van der Waals surface area contributed by atoms with Crippen LogP contribution in [-0.4, -0.2) is 20.2 Å². The summed E-state index contributed by atoms with van der Waals surface area (Å²) in [6.45, 7) is 4.07. The number of nitrogens with zero attached hydrogens (tertiary/aromatic N) is 4. The van der Waals surface area contributed by atoms with Crippen molar-refractivity contribution in [3.8, 4) is 0 Å². The monoisotopic (exact) mass is 97.1 g/mol. The Bertz CT molecular complexity index is 121. The van der Waals surface area contributed by atoms with Crippen LogP contribution in [0.4, 0.5) is 0 Å². The summed E-state index contributed by atoms with van der Waals surface area (Å²) < 4.78 is 0. The second-order valence-electron chi connectivity index (χ2n) is 1.03. The van der Waals surface area contributed by atoms with Gasteiger partial charge in [-0.05, 0) is 12.1 Å². The predicted molar refractivity (Wildman–Crippen MR) is 23.2 cm³/mol. The average Bonchev–Trinajstić information content (AvgIpc) is 2.14. The number of hydrogen-bond donors (Lipinski definition) is 0. The first-order chi connectivity index (χ1) is 3.43. The Kier molecular flexibility index (Phi) is 1.02. The van der Waals surface area contributed by atoms with Gasteiger partial charge in [-0.2, -0.15) is 4.80 Å². The third kappa shape index (κ3) is 0.734. The molecule has 0 spiro atoms. The summed E-state index contributed by atoms with van der Waals surface area (Å²) in [5, 5.41) is 10.6. The summed E-state index contributed by atoms with van der Waals surface area (Å²) in [7, 11) is 0. The van der Waals surface area contributed by atoms with E-state index in [0.717, 1.165) is 0 Å². The molecule has 4 heteroatoms. The molecule has 0 fully saturated rings. The van der Waals surface area contributed by atoms with Crippen LogP contribution >= 0.6 is 0 Å². The maximum atomic E-state index is 3.67. The molecule has 37 valence electrons. The van der Waals surface area contributed by atoms with Gasteiger partial charge in [0.15, 0.2) is 6.33 Å². The third-order valence-electron chi connectivity index (χ3n) is 0.591. The highest BCUT2D eigenvalue weighted by molar-refractivity contribution is 4.38. The molecular weight excluding hydrogens is 92.1 g/mol. The van der Waals surface area contributed by atoms with Crippen LogP contribution in [0, 0.1) is 6.92 Å². The quantitative estimate of drug-likeness (QED) is 0.474. The maximum Gasteiger partial charge on any atom is 0.162 e. The van der Waals surface area contributed by atoms with Crippen LogP contribution in [0.1, 0.15) is 0 Å². The van der Waals surface area contributed by atoms with E-state index in [1.807, 2.05) is 0 Å². The zero-order valence-corrected chi connectivity index (χ0v) is 3.78. The molecule has 0 N–H and O–H groups in total. The number of tetrazole rings is 1. The first-order valence-electron chi connectivity index (χ1n) is 1.93. The summed E-state index contributed by atoms with van der Waals surface area (Å²) in [5.41, 5.74) is 0. The van der Waals surface area contributed by atoms with Gasteiger partial charge >= 0.3 is 0 Å². The molecule has 0 bridgehead atoms. The fourth-order valence-electron chi connectivity index (χ4n) is 0.291. The fraction of sp³-hybridized carbons (Fsp3) is 0.333. The molecule has 0 aromatic carbocycles. The van der Waals surface area contributed by atoms with Gasteiger partial charge in [-0.3, -0.25) is 0 Å². The average molecular weight is 97.1 g/mol. The minimum absolute atomic E-state index is 0.542. The molecular formula is C3H5N4. The standard InChI is InChI=1S/C3H5N4/c1-2-7-5-3-4-6-7/h3H,1-2H2. The van der Waals surface area contributed by atoms with Gasteiger partial charge in [0.05, 0.1) is 6.54 Å². The topological polar surface area (TPSA) is 43.6 Å². The van der Waals surface area contributed by atoms with Crippen LogP contribution in [-0.2, 0) is 6.54 Å². The Balaban J connectivity index is 2.76. The van der Waals surface area contributed by atoms with Crippen molar-refractivity contribution in [3.05, 3.63) is 13.3 Å². The lowest BCUT2D eigenvalue weighted by Gasteiger charge is -1.82. The zero-order chi connectivity index (χ0) is 5.11. The Labute approximate surface area is 41.1 Å². The summed E-state index contributed by atoms with van der Waals surface area (Å²) in [5.74, 6) is 0. The largest absolute Gasteiger partial charge is 0.164 e. The van der Waals surface area contributed by atoms with Gasteiger partial charge in [0.2, 0.25) is 0 Å². The van der Waals surface area contributed by atoms with E-state index in [1.165, 1.54) is 11.1 Å². The molecule has 0 saturated carbocycles. The van der Waals surface area contributed by atoms with Crippen molar-refractivity contribution >= 4 is 0 Å². The molecule has 1 heterocycles. The Hall–Kier alpha value is -0.930. The summed E-state index contributed by atoms with van der Waals surface area (Å²) in [4.78, 5) is 1.40. The number of rotatable bonds is 1. The molecule has 0 saturated heterocycles. The minimum Gasteiger partial charge on any atom is -0.164 e. The molecule has 0 aliphatic rings. The van der Waals surface area contributed by atoms with Crippen LogP contribution in [0.2, 0.25) is 0 Å². The lowest BCUT2D eigenvalue weighted by molar-refractivity contribution is 0.580. The molecule has 0 amide bonds. The van der Waals surface area contributed by atoms with E-state index in [0.29, 0.717) is 6.54 Å². The normalized spacial score (nSPS) is 9.29. The maximum absolute atomic E-state index is 3.67. The van der Waals surface area contributed by atoms with E-state index in [-0.39, 0.29) is 0 Å². The zero-order valence-electron chi connectivity index (χ0n) is 3.78. The lowest BCUT2D eigenvalue weighted by atomic mass is 10.8. The molecule has 1 aromatic rings. The Morgan fingerprint density at radius 2 is 2.57 bits per heavy atom. The number of hydrogen-bond acceptors (Lipinski definition) is 3. The molecule has 1 aromatic heterocycles. The van der Waals surface area contributed by atoms with Gasteiger partial charge in [0.25, 0.3) is 0 Å².